The maximum absolute atomic E-state index is 11.0. The number of non-ortho nitro benzene ring substituents is 1. The van der Waals surface area contributed by atoms with Crippen molar-refractivity contribution >= 4 is 79.6 Å². The number of rotatable bonds is 6. The van der Waals surface area contributed by atoms with E-state index in [-0.39, 0.29) is 21.4 Å². The van der Waals surface area contributed by atoms with Crippen LogP contribution in [0.15, 0.2) is 108 Å². The number of halogens is 5. The fraction of sp³-hybridized carbons (Fsp3) is 0.306. The number of benzene rings is 8. The second-order valence-corrected chi connectivity index (χ2v) is 25.4. The van der Waals surface area contributed by atoms with Crippen LogP contribution in [0.25, 0.3) is 0 Å². The highest BCUT2D eigenvalue weighted by Crippen LogP contribution is 2.33. The molecule has 0 bridgehead atoms. The number of carbonyl (C=O) groups is 1. The number of nitro groups is 1. The number of aryl methyl sites for hydroxylation is 12. The number of carbonyl (C=O) groups excluding carboxylic acids is 1. The molecule has 0 radical (unpaired) electrons. The second-order valence-electron chi connectivity index (χ2n) is 21.7. The normalized spacial score (nSPS) is 10.0. The van der Waals surface area contributed by atoms with E-state index in [9.17, 15) is 23.3 Å². The van der Waals surface area contributed by atoms with Gasteiger partial charge in [0.2, 0.25) is 15.9 Å². The first-order valence-electron chi connectivity index (χ1n) is 28.2. The summed E-state index contributed by atoms with van der Waals surface area (Å²) < 4.78 is 37.5. The fourth-order valence-electron chi connectivity index (χ4n) is 8.17. The zero-order valence-electron chi connectivity index (χ0n) is 55.9. The van der Waals surface area contributed by atoms with Gasteiger partial charge in [0.1, 0.15) is 17.2 Å². The Hall–Kier alpha value is -7.12. The van der Waals surface area contributed by atoms with Crippen LogP contribution in [0.3, 0.4) is 0 Å². The van der Waals surface area contributed by atoms with Gasteiger partial charge in [0.05, 0.1) is 42.8 Å². The molecule has 0 aliphatic rings. The van der Waals surface area contributed by atoms with Gasteiger partial charge in [-0.15, -0.1) is 0 Å². The maximum Gasteiger partial charge on any atom is 0.269 e. The van der Waals surface area contributed by atoms with E-state index in [0.717, 1.165) is 89.0 Å². The van der Waals surface area contributed by atoms with E-state index >= 15 is 0 Å². The predicted molar refractivity (Wildman–Crippen MR) is 378 cm³/mol. The maximum atomic E-state index is 11.0. The number of hydrogen-bond donors (Lipinski definition) is 2. The van der Waals surface area contributed by atoms with Crippen LogP contribution in [-0.2, 0) is 10.0 Å². The summed E-state index contributed by atoms with van der Waals surface area (Å²) >= 11 is 28.5. The highest BCUT2D eigenvalue weighted by molar-refractivity contribution is 7.89. The van der Waals surface area contributed by atoms with Crippen LogP contribution in [0, 0.1) is 153 Å². The van der Waals surface area contributed by atoms with E-state index in [1.807, 2.05) is 145 Å². The third-order valence-electron chi connectivity index (χ3n) is 15.0. The van der Waals surface area contributed by atoms with E-state index in [2.05, 4.69) is 52.8 Å². The Labute approximate surface area is 560 Å². The summed E-state index contributed by atoms with van der Waals surface area (Å²) in [5, 5.41) is 27.3. The van der Waals surface area contributed by atoms with Gasteiger partial charge in [-0.05, 0) is 287 Å². The standard InChI is InChI=1S/C10H13NO.C10H11N.C10H14O3.C10H14.C9H13NO2S.C9H11NO2.C7H5Cl3.C7H6Cl2/c1-6-4-9(10(11)12)5-7(2)8(6)3;1-7-4-10(6-11)5-8(2)9(7)3;1-7-9(12-3)5-8(11-2)6-10(7)13-4;1-7-5-8(2)10(4)9(3)6-7;1-6-4-9(13(10,11)12)5-7(2)8(6)3;1-6-4-9(10(11)12)5-7(2)8(6)3;1-4-6(9)2-5(8)3-7(4)10;1-5-2-3-6(8)4-7(5)9/h4-5H,1-3H3,(H2,11,12);4-5H,1-3H3;5-6H,1-4H3;5-6H,1-4H3;4-5H,1-3H3,(H2,10,11,12);4-5H,1-3H3;2-3H,1H3;2-4H,1H3. The Kier molecular flexibility index (Phi) is 34.1. The summed E-state index contributed by atoms with van der Waals surface area (Å²) in [5.74, 6) is 1.92. The van der Waals surface area contributed by atoms with E-state index < -0.39 is 10.0 Å². The summed E-state index contributed by atoms with van der Waals surface area (Å²) in [6.07, 6.45) is 0. The minimum Gasteiger partial charge on any atom is -0.496 e. The number of nitro benzene ring substituents is 1. The molecule has 8 aromatic carbocycles. The molecule has 0 saturated heterocycles. The largest absolute Gasteiger partial charge is 0.496 e. The van der Waals surface area contributed by atoms with Crippen molar-refractivity contribution < 1.29 is 32.3 Å². The lowest BCUT2D eigenvalue weighted by Gasteiger charge is -2.11. The quantitative estimate of drug-likeness (QED) is 0.120. The number of nitriles is 1. The molecule has 18 heteroatoms. The third-order valence-corrected chi connectivity index (χ3v) is 17.6. The van der Waals surface area contributed by atoms with Crippen molar-refractivity contribution in [2.75, 3.05) is 21.3 Å². The summed E-state index contributed by atoms with van der Waals surface area (Å²) in [4.78, 5) is 21.1. The number of nitrogens with zero attached hydrogens (tertiary/aromatic N) is 2. The molecular formula is C72H87Cl5N4O8S. The molecule has 484 valence electrons. The number of primary sulfonamides is 1. The Balaban J connectivity index is 0.000000516. The number of hydrogen-bond acceptors (Lipinski definition) is 9. The summed E-state index contributed by atoms with van der Waals surface area (Å²) in [5.41, 5.74) is 28.4. The molecule has 90 heavy (non-hydrogen) atoms. The Morgan fingerprint density at radius 3 is 1.11 bits per heavy atom. The van der Waals surface area contributed by atoms with Crippen LogP contribution in [0.2, 0.25) is 25.1 Å². The van der Waals surface area contributed by atoms with Gasteiger partial charge in [-0.1, -0.05) is 81.8 Å². The number of methoxy groups -OCH3 is 3. The predicted octanol–water partition coefficient (Wildman–Crippen LogP) is 20.2. The molecule has 4 N–H and O–H groups in total. The molecule has 0 aliphatic heterocycles. The topological polar surface area (TPSA) is 198 Å². The lowest BCUT2D eigenvalue weighted by atomic mass is 10.0. The lowest BCUT2D eigenvalue weighted by molar-refractivity contribution is -0.385. The zero-order chi connectivity index (χ0) is 69.4. The van der Waals surface area contributed by atoms with Crippen molar-refractivity contribution in [1.29, 1.82) is 5.26 Å². The Morgan fingerprint density at radius 2 is 0.800 bits per heavy atom. The van der Waals surface area contributed by atoms with Crippen molar-refractivity contribution in [1.82, 2.24) is 0 Å². The van der Waals surface area contributed by atoms with Crippen LogP contribution < -0.4 is 25.1 Å². The van der Waals surface area contributed by atoms with Gasteiger partial charge in [0.25, 0.3) is 5.69 Å². The van der Waals surface area contributed by atoms with Gasteiger partial charge in [-0.25, -0.2) is 13.6 Å². The molecule has 12 nitrogen and oxygen atoms in total. The molecule has 8 aromatic rings. The molecule has 0 unspecified atom stereocenters. The molecule has 0 aromatic heterocycles. The first kappa shape index (κ1) is 80.9. The molecule has 0 aliphatic carbocycles. The zero-order valence-corrected chi connectivity index (χ0v) is 60.5. The second kappa shape index (κ2) is 37.9. The first-order chi connectivity index (χ1) is 41.6. The van der Waals surface area contributed by atoms with Gasteiger partial charge in [-0.3, -0.25) is 14.9 Å². The molecule has 0 heterocycles. The fourth-order valence-corrected chi connectivity index (χ4v) is 10.1. The summed E-state index contributed by atoms with van der Waals surface area (Å²) in [6, 6.07) is 32.9. The Bertz CT molecular complexity index is 3690. The van der Waals surface area contributed by atoms with Crippen LogP contribution in [0.1, 0.15) is 122 Å². The first-order valence-corrected chi connectivity index (χ1v) is 31.6. The van der Waals surface area contributed by atoms with Gasteiger partial charge >= 0.3 is 0 Å². The highest BCUT2D eigenvalue weighted by Gasteiger charge is 2.12. The minimum absolute atomic E-state index is 0.176. The molecular weight excluding hydrogens is 1260 g/mol. The van der Waals surface area contributed by atoms with E-state index in [4.69, 9.17) is 88.3 Å². The van der Waals surface area contributed by atoms with Crippen molar-refractivity contribution in [3.05, 3.63) is 255 Å². The molecule has 0 spiro atoms. The summed E-state index contributed by atoms with van der Waals surface area (Å²) in [6.45, 7) is 37.9. The number of nitrogens with two attached hydrogens (primary N) is 2. The SMILES string of the molecule is COc1cc(OC)c(C)c(OC)c1.Cc1c(Cl)cc(Cl)cc1Cl.Cc1cc(C#N)cc(C)c1C.Cc1cc(C(N)=O)cc(C)c1C.Cc1cc(C)c(C)c(C)c1.Cc1cc(S(N)(=O)=O)cc(C)c1C.Cc1cc([N+](=O)[O-])cc(C)c1C.Cc1ccc(Cl)cc1Cl. The number of primary amides is 1. The molecule has 0 saturated carbocycles. The molecule has 0 atom stereocenters. The number of sulfonamides is 1. The average Bonchev–Trinajstić information content (AvgIpc) is 1.26. The van der Waals surface area contributed by atoms with E-state index in [1.165, 1.54) is 44.5 Å². The van der Waals surface area contributed by atoms with Crippen LogP contribution in [0.4, 0.5) is 5.69 Å². The van der Waals surface area contributed by atoms with E-state index in [1.54, 1.807) is 63.8 Å². The van der Waals surface area contributed by atoms with Crippen LogP contribution in [-0.4, -0.2) is 40.6 Å². The average molecular weight is 1350 g/mol. The smallest absolute Gasteiger partial charge is 0.269 e. The molecule has 0 fully saturated rings. The molecule has 8 rings (SSSR count). The lowest BCUT2D eigenvalue weighted by Crippen LogP contribution is -2.12. The minimum atomic E-state index is -3.56. The van der Waals surface area contributed by atoms with Gasteiger partial charge < -0.3 is 19.9 Å². The number of amides is 1. The summed E-state index contributed by atoms with van der Waals surface area (Å²) in [7, 11) is 1.30. The Morgan fingerprint density at radius 1 is 0.456 bits per heavy atom. The van der Waals surface area contributed by atoms with Crippen molar-refractivity contribution in [2.45, 2.75) is 136 Å². The van der Waals surface area contributed by atoms with Crippen molar-refractivity contribution in [2.24, 2.45) is 10.9 Å². The molecule has 1 amide bonds. The number of ether oxygens (including phenoxy) is 3. The van der Waals surface area contributed by atoms with Gasteiger partial charge in [0, 0.05) is 60.5 Å². The van der Waals surface area contributed by atoms with Gasteiger partial charge in [0.15, 0.2) is 0 Å². The monoisotopic (exact) mass is 1340 g/mol. The van der Waals surface area contributed by atoms with Crippen molar-refractivity contribution in [3.8, 4) is 23.3 Å². The van der Waals surface area contributed by atoms with E-state index in [0.29, 0.717) is 25.7 Å². The third kappa shape index (κ3) is 26.4. The van der Waals surface area contributed by atoms with Crippen LogP contribution >= 0.6 is 58.0 Å². The van der Waals surface area contributed by atoms with Gasteiger partial charge in [-0.2, -0.15) is 5.26 Å². The highest BCUT2D eigenvalue weighted by atomic mass is 35.5. The van der Waals surface area contributed by atoms with Crippen LogP contribution in [0.5, 0.6) is 17.2 Å². The van der Waals surface area contributed by atoms with Crippen molar-refractivity contribution in [3.63, 3.8) is 0 Å².